The first kappa shape index (κ1) is 12.8. The fraction of sp³-hybridized carbons (Fsp3) is 0.273. The number of nitrogens with zero attached hydrogens (tertiary/aromatic N) is 1. The lowest BCUT2D eigenvalue weighted by Gasteiger charge is -2.04. The molecular formula is C11H10BrClN2OS. The number of thiazole rings is 1. The van der Waals surface area contributed by atoms with Gasteiger partial charge in [0, 0.05) is 5.02 Å². The largest absolute Gasteiger partial charge is 0.301 e. The second-order valence-electron chi connectivity index (χ2n) is 3.50. The Bertz CT molecular complexity index is 557. The molecule has 3 nitrogen and oxygen atoms in total. The molecule has 1 amide bonds. The summed E-state index contributed by atoms with van der Waals surface area (Å²) in [5.74, 6) is -0.0716. The van der Waals surface area contributed by atoms with Gasteiger partial charge in [-0.05, 0) is 24.6 Å². The zero-order chi connectivity index (χ0) is 12.4. The average molecular weight is 334 g/mol. The highest BCUT2D eigenvalue weighted by Gasteiger charge is 2.14. The molecule has 1 aromatic heterocycles. The lowest BCUT2D eigenvalue weighted by Crippen LogP contribution is -2.21. The minimum Gasteiger partial charge on any atom is -0.301 e. The number of alkyl halides is 1. The molecule has 1 heterocycles. The molecule has 2 aromatic rings. The molecule has 0 bridgehead atoms. The predicted octanol–water partition coefficient (Wildman–Crippen LogP) is 4.06. The molecule has 6 heteroatoms. The summed E-state index contributed by atoms with van der Waals surface area (Å²) in [7, 11) is 0. The SMILES string of the molecule is CC[C@@H](Br)C(=O)Nc1nc2ccc(Cl)cc2s1. The smallest absolute Gasteiger partial charge is 0.239 e. The minimum atomic E-state index is -0.182. The Hall–Kier alpha value is -0.650. The van der Waals surface area contributed by atoms with Gasteiger partial charge in [-0.2, -0.15) is 0 Å². The summed E-state index contributed by atoms with van der Waals surface area (Å²) in [6, 6.07) is 5.47. The fourth-order valence-corrected chi connectivity index (χ4v) is 2.58. The van der Waals surface area contributed by atoms with Crippen LogP contribution in [0.25, 0.3) is 10.2 Å². The zero-order valence-electron chi connectivity index (χ0n) is 9.04. The molecule has 2 rings (SSSR count). The third-order valence-corrected chi connectivity index (χ3v) is 4.46. The zero-order valence-corrected chi connectivity index (χ0v) is 12.2. The normalized spacial score (nSPS) is 12.6. The highest BCUT2D eigenvalue weighted by atomic mass is 79.9. The molecule has 0 radical (unpaired) electrons. The van der Waals surface area contributed by atoms with Gasteiger partial charge in [-0.25, -0.2) is 4.98 Å². The van der Waals surface area contributed by atoms with Crippen molar-refractivity contribution in [3.8, 4) is 0 Å². The van der Waals surface area contributed by atoms with Crippen LogP contribution in [0.15, 0.2) is 18.2 Å². The molecule has 1 N–H and O–H groups in total. The number of benzene rings is 1. The number of aromatic nitrogens is 1. The summed E-state index contributed by atoms with van der Waals surface area (Å²) in [6.45, 7) is 1.94. The Morgan fingerprint density at radius 3 is 3.12 bits per heavy atom. The van der Waals surface area contributed by atoms with Crippen LogP contribution in [0, 0.1) is 0 Å². The number of carbonyl (C=O) groups excluding carboxylic acids is 1. The third kappa shape index (κ3) is 2.97. The van der Waals surface area contributed by atoms with Gasteiger partial charge in [0.1, 0.15) is 0 Å². The van der Waals surface area contributed by atoms with Crippen molar-refractivity contribution in [2.45, 2.75) is 18.2 Å². The van der Waals surface area contributed by atoms with Gasteiger partial charge in [0.05, 0.1) is 15.0 Å². The van der Waals surface area contributed by atoms with Crippen LogP contribution < -0.4 is 5.32 Å². The summed E-state index contributed by atoms with van der Waals surface area (Å²) in [6.07, 6.45) is 0.739. The van der Waals surface area contributed by atoms with Crippen LogP contribution in [-0.4, -0.2) is 15.7 Å². The number of nitrogens with one attached hydrogen (secondary N) is 1. The predicted molar refractivity (Wildman–Crippen MR) is 76.3 cm³/mol. The van der Waals surface area contributed by atoms with Crippen LogP contribution in [0.1, 0.15) is 13.3 Å². The molecule has 0 aliphatic rings. The number of rotatable bonds is 3. The van der Waals surface area contributed by atoms with Gasteiger partial charge in [-0.3, -0.25) is 4.79 Å². The molecule has 0 unspecified atom stereocenters. The molecule has 0 spiro atoms. The highest BCUT2D eigenvalue weighted by Crippen LogP contribution is 2.28. The van der Waals surface area contributed by atoms with E-state index in [1.165, 1.54) is 11.3 Å². The Balaban J connectivity index is 2.22. The first-order chi connectivity index (χ1) is 8.10. The van der Waals surface area contributed by atoms with Gasteiger partial charge in [0.2, 0.25) is 5.91 Å². The third-order valence-electron chi connectivity index (χ3n) is 2.22. The van der Waals surface area contributed by atoms with E-state index in [1.807, 2.05) is 19.1 Å². The van der Waals surface area contributed by atoms with Crippen LogP contribution in [0.3, 0.4) is 0 Å². The maximum atomic E-state index is 11.7. The first-order valence-electron chi connectivity index (χ1n) is 5.11. The van der Waals surface area contributed by atoms with Crippen LogP contribution in [-0.2, 0) is 4.79 Å². The number of hydrogen-bond donors (Lipinski definition) is 1. The van der Waals surface area contributed by atoms with E-state index in [4.69, 9.17) is 11.6 Å². The number of hydrogen-bond acceptors (Lipinski definition) is 3. The van der Waals surface area contributed by atoms with Gasteiger partial charge in [-0.15, -0.1) is 0 Å². The van der Waals surface area contributed by atoms with E-state index in [0.717, 1.165) is 16.6 Å². The topological polar surface area (TPSA) is 42.0 Å². The Kier molecular flexibility index (Phi) is 4.01. The number of anilines is 1. The highest BCUT2D eigenvalue weighted by molar-refractivity contribution is 9.10. The van der Waals surface area contributed by atoms with Crippen LogP contribution in [0.4, 0.5) is 5.13 Å². The van der Waals surface area contributed by atoms with E-state index in [0.29, 0.717) is 10.2 Å². The Morgan fingerprint density at radius 2 is 2.41 bits per heavy atom. The molecule has 1 aromatic carbocycles. The van der Waals surface area contributed by atoms with E-state index in [9.17, 15) is 4.79 Å². The van der Waals surface area contributed by atoms with Crippen molar-refractivity contribution in [1.29, 1.82) is 0 Å². The van der Waals surface area contributed by atoms with E-state index in [2.05, 4.69) is 26.2 Å². The number of amides is 1. The maximum Gasteiger partial charge on any atom is 0.239 e. The quantitative estimate of drug-likeness (QED) is 0.861. The molecule has 1 atom stereocenters. The fourth-order valence-electron chi connectivity index (χ4n) is 1.32. The van der Waals surface area contributed by atoms with Gasteiger partial charge in [-0.1, -0.05) is 45.8 Å². The first-order valence-corrected chi connectivity index (χ1v) is 7.22. The summed E-state index contributed by atoms with van der Waals surface area (Å²) >= 11 is 10.6. The second kappa shape index (κ2) is 5.33. The van der Waals surface area contributed by atoms with Crippen LogP contribution >= 0.6 is 38.9 Å². The minimum absolute atomic E-state index is 0.0716. The maximum absolute atomic E-state index is 11.7. The van der Waals surface area contributed by atoms with E-state index >= 15 is 0 Å². The van der Waals surface area contributed by atoms with Gasteiger partial charge >= 0.3 is 0 Å². The monoisotopic (exact) mass is 332 g/mol. The molecule has 17 heavy (non-hydrogen) atoms. The summed E-state index contributed by atoms with van der Waals surface area (Å²) < 4.78 is 0.968. The lowest BCUT2D eigenvalue weighted by atomic mass is 10.3. The second-order valence-corrected chi connectivity index (χ2v) is 6.07. The molecule has 0 fully saturated rings. The summed E-state index contributed by atoms with van der Waals surface area (Å²) in [5.41, 5.74) is 0.845. The van der Waals surface area contributed by atoms with Crippen molar-refractivity contribution in [3.63, 3.8) is 0 Å². The van der Waals surface area contributed by atoms with Gasteiger partial charge in [0.25, 0.3) is 0 Å². The Morgan fingerprint density at radius 1 is 1.65 bits per heavy atom. The van der Waals surface area contributed by atoms with E-state index < -0.39 is 0 Å². The summed E-state index contributed by atoms with van der Waals surface area (Å²) in [4.78, 5) is 15.8. The molecular weight excluding hydrogens is 324 g/mol. The molecule has 0 saturated carbocycles. The van der Waals surface area contributed by atoms with Crippen molar-refractivity contribution in [2.24, 2.45) is 0 Å². The Labute approximate surface area is 116 Å². The standard InChI is InChI=1S/C11H10BrClN2OS/c1-2-7(12)10(16)15-11-14-8-4-3-6(13)5-9(8)17-11/h3-5,7H,2H2,1H3,(H,14,15,16)/t7-/m1/s1. The van der Waals surface area contributed by atoms with Crippen molar-refractivity contribution in [1.82, 2.24) is 4.98 Å². The molecule has 0 saturated heterocycles. The van der Waals surface area contributed by atoms with Crippen molar-refractivity contribution in [3.05, 3.63) is 23.2 Å². The average Bonchev–Trinajstić information content (AvgIpc) is 2.69. The van der Waals surface area contributed by atoms with E-state index in [1.54, 1.807) is 6.07 Å². The van der Waals surface area contributed by atoms with Gasteiger partial charge in [0.15, 0.2) is 5.13 Å². The lowest BCUT2D eigenvalue weighted by molar-refractivity contribution is -0.115. The van der Waals surface area contributed by atoms with Crippen LogP contribution in [0.2, 0.25) is 5.02 Å². The number of halogens is 2. The molecule has 0 aliphatic heterocycles. The summed E-state index contributed by atoms with van der Waals surface area (Å²) in [5, 5.41) is 4.05. The van der Waals surface area contributed by atoms with Crippen molar-refractivity contribution >= 4 is 60.1 Å². The number of fused-ring (bicyclic) bond motifs is 1. The van der Waals surface area contributed by atoms with E-state index in [-0.39, 0.29) is 10.7 Å². The molecule has 0 aliphatic carbocycles. The number of carbonyl (C=O) groups is 1. The van der Waals surface area contributed by atoms with Crippen molar-refractivity contribution in [2.75, 3.05) is 5.32 Å². The molecule has 90 valence electrons. The van der Waals surface area contributed by atoms with Gasteiger partial charge < -0.3 is 5.32 Å². The van der Waals surface area contributed by atoms with Crippen molar-refractivity contribution < 1.29 is 4.79 Å². The van der Waals surface area contributed by atoms with Crippen LogP contribution in [0.5, 0.6) is 0 Å².